The third kappa shape index (κ3) is 5.85. The number of aromatic nitrogens is 2. The Morgan fingerprint density at radius 2 is 2.17 bits per heavy atom. The number of nitrogens with two attached hydrogens (primary N) is 1. The number of likely N-dealkylation sites (tertiary alicyclic amines) is 1. The molecule has 35 heavy (non-hydrogen) atoms. The minimum Gasteiger partial charge on any atom is -0.493 e. The molecule has 4 rings (SSSR count). The van der Waals surface area contributed by atoms with Crippen LogP contribution in [0.4, 0.5) is 0 Å². The number of benzene rings is 1. The number of hydrogen-bond acceptors (Lipinski definition) is 6. The normalized spacial score (nSPS) is 21.6. The Balaban J connectivity index is 1.58. The predicted octanol–water partition coefficient (Wildman–Crippen LogP) is 1.96. The van der Waals surface area contributed by atoms with Gasteiger partial charge < -0.3 is 20.5 Å². The monoisotopic (exact) mass is 483 g/mol. The molecule has 0 aliphatic carbocycles. The number of hydrogen-bond donors (Lipinski definition) is 2. The summed E-state index contributed by atoms with van der Waals surface area (Å²) < 4.78 is 7.47. The maximum Gasteiger partial charge on any atom is 0.308 e. The SMILES string of the molecule is CCCCN(CCN)C(=O)CN1C[C@H](c2ccc3c(c2)CCO3)[C@@H](C(=O)O)[C@@H]1CCn1cccn1. The van der Waals surface area contributed by atoms with Crippen LogP contribution in [0, 0.1) is 5.92 Å². The van der Waals surface area contributed by atoms with Crippen molar-refractivity contribution in [2.75, 3.05) is 39.3 Å². The van der Waals surface area contributed by atoms with Crippen molar-refractivity contribution >= 4 is 11.9 Å². The van der Waals surface area contributed by atoms with Crippen molar-refractivity contribution in [2.45, 2.75) is 51.1 Å². The molecule has 1 fully saturated rings. The fraction of sp³-hybridized carbons (Fsp3) is 0.577. The van der Waals surface area contributed by atoms with E-state index in [2.05, 4.69) is 23.0 Å². The number of ether oxygens (including phenoxy) is 1. The van der Waals surface area contributed by atoms with Crippen molar-refractivity contribution in [3.63, 3.8) is 0 Å². The molecule has 3 atom stereocenters. The van der Waals surface area contributed by atoms with Crippen LogP contribution in [-0.2, 0) is 22.6 Å². The summed E-state index contributed by atoms with van der Waals surface area (Å²) in [5, 5.41) is 14.6. The lowest BCUT2D eigenvalue weighted by Gasteiger charge is -2.29. The molecule has 2 aromatic rings. The van der Waals surface area contributed by atoms with Crippen LogP contribution in [-0.4, -0.2) is 81.9 Å². The molecule has 190 valence electrons. The number of fused-ring (bicyclic) bond motifs is 1. The molecule has 3 N–H and O–H groups in total. The minimum absolute atomic E-state index is 0.0140. The van der Waals surface area contributed by atoms with Crippen LogP contribution in [0.25, 0.3) is 0 Å². The quantitative estimate of drug-likeness (QED) is 0.474. The molecule has 1 saturated heterocycles. The molecule has 9 heteroatoms. The predicted molar refractivity (Wildman–Crippen MR) is 132 cm³/mol. The van der Waals surface area contributed by atoms with E-state index in [9.17, 15) is 14.7 Å². The second-order valence-corrected chi connectivity index (χ2v) is 9.51. The van der Waals surface area contributed by atoms with E-state index in [1.807, 2.05) is 34.0 Å². The molecule has 1 amide bonds. The van der Waals surface area contributed by atoms with Crippen LogP contribution >= 0.6 is 0 Å². The number of carbonyl (C=O) groups is 2. The molecule has 0 saturated carbocycles. The minimum atomic E-state index is -0.822. The lowest BCUT2D eigenvalue weighted by Crippen LogP contribution is -2.46. The van der Waals surface area contributed by atoms with Gasteiger partial charge >= 0.3 is 5.97 Å². The number of rotatable bonds is 12. The molecule has 0 spiro atoms. The summed E-state index contributed by atoms with van der Waals surface area (Å²) in [6.07, 6.45) is 6.96. The summed E-state index contributed by atoms with van der Waals surface area (Å²) in [5.74, 6) is -0.740. The van der Waals surface area contributed by atoms with Gasteiger partial charge in [0.2, 0.25) is 5.91 Å². The Kier molecular flexibility index (Phi) is 8.41. The number of nitrogens with zero attached hydrogens (tertiary/aromatic N) is 4. The Labute approximate surface area is 206 Å². The second kappa shape index (κ2) is 11.7. The maximum atomic E-state index is 13.3. The molecule has 2 aliphatic heterocycles. The average molecular weight is 484 g/mol. The average Bonchev–Trinajstić information content (AvgIpc) is 3.59. The molecule has 3 heterocycles. The Bertz CT molecular complexity index is 996. The molecular weight excluding hydrogens is 446 g/mol. The number of carbonyl (C=O) groups excluding carboxylic acids is 1. The van der Waals surface area contributed by atoms with E-state index in [4.69, 9.17) is 10.5 Å². The van der Waals surface area contributed by atoms with E-state index in [0.29, 0.717) is 45.8 Å². The van der Waals surface area contributed by atoms with Crippen molar-refractivity contribution in [2.24, 2.45) is 11.7 Å². The lowest BCUT2D eigenvalue weighted by atomic mass is 9.83. The summed E-state index contributed by atoms with van der Waals surface area (Å²) in [7, 11) is 0. The first-order chi connectivity index (χ1) is 17.0. The van der Waals surface area contributed by atoms with Crippen molar-refractivity contribution in [3.8, 4) is 5.75 Å². The molecular formula is C26H37N5O4. The highest BCUT2D eigenvalue weighted by atomic mass is 16.5. The zero-order chi connectivity index (χ0) is 24.8. The number of aryl methyl sites for hydroxylation is 1. The highest BCUT2D eigenvalue weighted by Gasteiger charge is 2.47. The molecule has 1 aromatic carbocycles. The topological polar surface area (TPSA) is 114 Å². The van der Waals surface area contributed by atoms with Gasteiger partial charge in [0.25, 0.3) is 0 Å². The highest BCUT2D eigenvalue weighted by Crippen LogP contribution is 2.41. The van der Waals surface area contributed by atoms with Gasteiger partial charge in [-0.1, -0.05) is 25.5 Å². The second-order valence-electron chi connectivity index (χ2n) is 9.51. The zero-order valence-corrected chi connectivity index (χ0v) is 20.5. The van der Waals surface area contributed by atoms with Crippen LogP contribution in [0.3, 0.4) is 0 Å². The molecule has 0 bridgehead atoms. The Morgan fingerprint density at radius 3 is 2.89 bits per heavy atom. The van der Waals surface area contributed by atoms with Crippen molar-refractivity contribution < 1.29 is 19.4 Å². The highest BCUT2D eigenvalue weighted by molar-refractivity contribution is 5.79. The summed E-state index contributed by atoms with van der Waals surface area (Å²) in [6.45, 7) is 5.68. The van der Waals surface area contributed by atoms with Gasteiger partial charge in [-0.15, -0.1) is 0 Å². The van der Waals surface area contributed by atoms with E-state index >= 15 is 0 Å². The zero-order valence-electron chi connectivity index (χ0n) is 20.5. The van der Waals surface area contributed by atoms with Gasteiger partial charge in [0.15, 0.2) is 0 Å². The summed E-state index contributed by atoms with van der Waals surface area (Å²) >= 11 is 0. The van der Waals surface area contributed by atoms with E-state index in [1.54, 1.807) is 6.20 Å². The van der Waals surface area contributed by atoms with Gasteiger partial charge in [-0.3, -0.25) is 19.2 Å². The van der Waals surface area contributed by atoms with Crippen molar-refractivity contribution in [1.82, 2.24) is 19.6 Å². The third-order valence-electron chi connectivity index (χ3n) is 7.26. The molecule has 0 radical (unpaired) electrons. The Hall–Kier alpha value is -2.91. The third-order valence-corrected chi connectivity index (χ3v) is 7.26. The summed E-state index contributed by atoms with van der Waals surface area (Å²) in [6, 6.07) is 7.62. The van der Waals surface area contributed by atoms with Gasteiger partial charge in [0.1, 0.15) is 5.75 Å². The lowest BCUT2D eigenvalue weighted by molar-refractivity contribution is -0.144. The van der Waals surface area contributed by atoms with Gasteiger partial charge in [-0.2, -0.15) is 5.10 Å². The molecule has 0 unspecified atom stereocenters. The van der Waals surface area contributed by atoms with Gasteiger partial charge in [0, 0.05) is 63.5 Å². The summed E-state index contributed by atoms with van der Waals surface area (Å²) in [4.78, 5) is 29.8. The van der Waals surface area contributed by atoms with Crippen LogP contribution in [0.1, 0.15) is 43.2 Å². The van der Waals surface area contributed by atoms with E-state index in [1.165, 1.54) is 0 Å². The van der Waals surface area contributed by atoms with Crippen molar-refractivity contribution in [1.29, 1.82) is 0 Å². The number of amides is 1. The molecule has 2 aliphatic rings. The van der Waals surface area contributed by atoms with Gasteiger partial charge in [-0.25, -0.2) is 0 Å². The van der Waals surface area contributed by atoms with Gasteiger partial charge in [-0.05, 0) is 36.1 Å². The number of unbranched alkanes of at least 4 members (excludes halogenated alkanes) is 1. The van der Waals surface area contributed by atoms with Crippen LogP contribution in [0.15, 0.2) is 36.7 Å². The number of carboxylic acid groups (broad SMARTS) is 1. The Morgan fingerprint density at radius 1 is 1.31 bits per heavy atom. The van der Waals surface area contributed by atoms with E-state index < -0.39 is 11.9 Å². The maximum absolute atomic E-state index is 13.3. The van der Waals surface area contributed by atoms with Crippen LogP contribution in [0.2, 0.25) is 0 Å². The van der Waals surface area contributed by atoms with Crippen LogP contribution in [0.5, 0.6) is 5.75 Å². The van der Waals surface area contributed by atoms with Crippen LogP contribution < -0.4 is 10.5 Å². The smallest absolute Gasteiger partial charge is 0.308 e. The molecule has 9 nitrogen and oxygen atoms in total. The standard InChI is InChI=1S/C26H37N5O4/c1-2-3-11-29(14-9-27)24(32)18-30-17-21(19-5-6-23-20(16-19)8-15-35-23)25(26(33)34)22(30)7-13-31-12-4-10-28-31/h4-6,10,12,16,21-22,25H,2-3,7-9,11,13-15,17-18,27H2,1H3,(H,33,34)/t21-,22+,25-/m1/s1. The van der Waals surface area contributed by atoms with E-state index in [-0.39, 0.29) is 24.4 Å². The first-order valence-corrected chi connectivity index (χ1v) is 12.7. The van der Waals surface area contributed by atoms with Crippen molar-refractivity contribution in [3.05, 3.63) is 47.8 Å². The first-order valence-electron chi connectivity index (χ1n) is 12.7. The fourth-order valence-corrected chi connectivity index (χ4v) is 5.46. The summed E-state index contributed by atoms with van der Waals surface area (Å²) in [5.41, 5.74) is 7.91. The number of aliphatic carboxylic acids is 1. The fourth-order valence-electron chi connectivity index (χ4n) is 5.46. The molecule has 1 aromatic heterocycles. The number of carboxylic acids is 1. The largest absolute Gasteiger partial charge is 0.493 e. The first kappa shape index (κ1) is 25.2. The van der Waals surface area contributed by atoms with Gasteiger partial charge in [0.05, 0.1) is 19.1 Å². The van der Waals surface area contributed by atoms with E-state index in [0.717, 1.165) is 36.1 Å².